The van der Waals surface area contributed by atoms with Gasteiger partial charge in [0.2, 0.25) is 5.91 Å². The highest BCUT2D eigenvalue weighted by Crippen LogP contribution is 2.30. The summed E-state index contributed by atoms with van der Waals surface area (Å²) >= 11 is 0. The average molecular weight is 1190 g/mol. The van der Waals surface area contributed by atoms with Crippen LogP contribution in [0.3, 0.4) is 0 Å². The smallest absolute Gasteiger partial charge is 0.220 e. The Morgan fingerprint density at radius 1 is 0.386 bits per heavy atom. The second kappa shape index (κ2) is 55.1. The number of aliphatic hydroxyl groups excluding tert-OH is 8. The first-order valence-electron chi connectivity index (χ1n) is 35.8. The van der Waals surface area contributed by atoms with Crippen molar-refractivity contribution in [2.45, 2.75) is 415 Å². The Balaban J connectivity index is 1.53. The zero-order valence-corrected chi connectivity index (χ0v) is 53.7. The zero-order chi connectivity index (χ0) is 60.2. The molecule has 14 heteroatoms. The van der Waals surface area contributed by atoms with E-state index >= 15 is 0 Å². The minimum Gasteiger partial charge on any atom is -0.394 e. The van der Waals surface area contributed by atoms with Crippen molar-refractivity contribution < 1.29 is 64.6 Å². The monoisotopic (exact) mass is 1190 g/mol. The van der Waals surface area contributed by atoms with Gasteiger partial charge < -0.3 is 65.1 Å². The molecule has 0 aliphatic carbocycles. The Morgan fingerprint density at radius 3 is 1.02 bits per heavy atom. The summed E-state index contributed by atoms with van der Waals surface area (Å²) in [4.78, 5) is 13.3. The molecule has 9 N–H and O–H groups in total. The minimum absolute atomic E-state index is 0.199. The number of amides is 1. The number of hydrogen-bond donors (Lipinski definition) is 9. The number of ether oxygens (including phenoxy) is 4. The first-order chi connectivity index (χ1) is 40.6. The lowest BCUT2D eigenvalue weighted by Gasteiger charge is -2.46. The van der Waals surface area contributed by atoms with Gasteiger partial charge in [0, 0.05) is 6.42 Å². The third kappa shape index (κ3) is 39.6. The van der Waals surface area contributed by atoms with E-state index in [0.717, 1.165) is 51.4 Å². The van der Waals surface area contributed by atoms with Crippen LogP contribution >= 0.6 is 0 Å². The fourth-order valence-electron chi connectivity index (χ4n) is 12.4. The first-order valence-corrected chi connectivity index (χ1v) is 35.8. The summed E-state index contributed by atoms with van der Waals surface area (Å²) in [7, 11) is 0. The molecule has 0 bridgehead atoms. The van der Waals surface area contributed by atoms with Gasteiger partial charge in [-0.2, -0.15) is 0 Å². The van der Waals surface area contributed by atoms with E-state index in [4.69, 9.17) is 18.9 Å². The van der Waals surface area contributed by atoms with Crippen LogP contribution in [0.2, 0.25) is 0 Å². The number of aliphatic hydroxyl groups is 8. The molecule has 83 heavy (non-hydrogen) atoms. The topological polar surface area (TPSA) is 228 Å². The van der Waals surface area contributed by atoms with E-state index in [-0.39, 0.29) is 12.5 Å². The van der Waals surface area contributed by atoms with Crippen LogP contribution < -0.4 is 5.32 Å². The van der Waals surface area contributed by atoms with Crippen LogP contribution in [0.4, 0.5) is 0 Å². The number of nitrogens with one attached hydrogen (secondary N) is 1. The standard InChI is InChI=1S/C69H135NO13/c1-3-5-7-9-11-13-15-17-18-19-20-21-22-23-24-25-26-27-28-29-30-31-32-33-34-35-36-37-38-39-40-41-43-45-47-49-51-53-61(74)70-57(58(73)52-50-48-46-44-42-16-14-12-10-8-6-4-2)56-80-68-66(79)64(77)67(60(55-72)82-68)83-69-65(78)63(76)62(75)59(54-71)81-69/h57-60,62-69,71-73,75-79H,3-56H2,1-2H3,(H,70,74). The van der Waals surface area contributed by atoms with Crippen molar-refractivity contribution >= 4 is 5.91 Å². The summed E-state index contributed by atoms with van der Waals surface area (Å²) < 4.78 is 22.9. The Morgan fingerprint density at radius 2 is 0.687 bits per heavy atom. The molecule has 2 fully saturated rings. The third-order valence-electron chi connectivity index (χ3n) is 18.1. The van der Waals surface area contributed by atoms with Crippen molar-refractivity contribution in [1.82, 2.24) is 5.32 Å². The molecule has 0 aromatic rings. The van der Waals surface area contributed by atoms with Crippen molar-refractivity contribution in [3.8, 4) is 0 Å². The molecule has 0 saturated carbocycles. The molecule has 12 atom stereocenters. The molecule has 14 nitrogen and oxygen atoms in total. The molecule has 2 aliphatic heterocycles. The van der Waals surface area contributed by atoms with Gasteiger partial charge >= 0.3 is 0 Å². The molecule has 2 rings (SSSR count). The van der Waals surface area contributed by atoms with Crippen molar-refractivity contribution in [3.05, 3.63) is 0 Å². The highest BCUT2D eigenvalue weighted by Gasteiger charge is 2.51. The van der Waals surface area contributed by atoms with Gasteiger partial charge in [-0.05, 0) is 12.8 Å². The largest absolute Gasteiger partial charge is 0.394 e. The highest BCUT2D eigenvalue weighted by atomic mass is 16.7. The molecule has 1 amide bonds. The van der Waals surface area contributed by atoms with Crippen LogP contribution in [0.15, 0.2) is 0 Å². The number of carbonyl (C=O) groups excluding carboxylic acids is 1. The molecular weight excluding hydrogens is 1050 g/mol. The van der Waals surface area contributed by atoms with E-state index < -0.39 is 86.8 Å². The lowest BCUT2D eigenvalue weighted by Crippen LogP contribution is -2.65. The maximum absolute atomic E-state index is 13.3. The predicted octanol–water partition coefficient (Wildman–Crippen LogP) is 14.4. The SMILES string of the molecule is CCCCCCCCCCCCCCCCCCCCCCCCCCCCCCCCCCCCCCCC(=O)NC(COC1OC(CO)C(OC2OC(CO)C(O)C(O)C2O)C(O)C1O)C(O)CCCCCCCCCCCCCC. The third-order valence-corrected chi connectivity index (χ3v) is 18.1. The number of unbranched alkanes of at least 4 members (excludes halogenated alkanes) is 47. The molecule has 0 aromatic heterocycles. The zero-order valence-electron chi connectivity index (χ0n) is 53.7. The maximum atomic E-state index is 13.3. The molecule has 494 valence electrons. The van der Waals surface area contributed by atoms with Gasteiger partial charge in [-0.3, -0.25) is 4.79 Å². The Hall–Kier alpha value is -1.01. The molecule has 0 aromatic carbocycles. The molecule has 2 aliphatic rings. The van der Waals surface area contributed by atoms with Gasteiger partial charge in [-0.25, -0.2) is 0 Å². The molecular formula is C69H135NO13. The second-order valence-electron chi connectivity index (χ2n) is 25.7. The van der Waals surface area contributed by atoms with E-state index in [1.165, 1.54) is 263 Å². The molecule has 12 unspecified atom stereocenters. The summed E-state index contributed by atoms with van der Waals surface area (Å²) in [5.74, 6) is -0.199. The van der Waals surface area contributed by atoms with Crippen LogP contribution in [0, 0.1) is 0 Å². The van der Waals surface area contributed by atoms with Gasteiger partial charge in [0.15, 0.2) is 12.6 Å². The summed E-state index contributed by atoms with van der Waals surface area (Å²) in [6, 6.07) is -0.823. The van der Waals surface area contributed by atoms with Crippen LogP contribution in [-0.4, -0.2) is 140 Å². The maximum Gasteiger partial charge on any atom is 0.220 e. The summed E-state index contributed by atoms with van der Waals surface area (Å²) in [5, 5.41) is 87.3. The Labute approximate surface area is 508 Å². The van der Waals surface area contributed by atoms with Crippen LogP contribution in [0.5, 0.6) is 0 Å². The summed E-state index contributed by atoms with van der Waals surface area (Å²) in [6.07, 6.45) is 48.8. The van der Waals surface area contributed by atoms with Gasteiger partial charge in [0.1, 0.15) is 48.8 Å². The normalized spacial score (nSPS) is 23.7. The van der Waals surface area contributed by atoms with E-state index in [1.54, 1.807) is 0 Å². The second-order valence-corrected chi connectivity index (χ2v) is 25.7. The van der Waals surface area contributed by atoms with Crippen molar-refractivity contribution in [1.29, 1.82) is 0 Å². The Bertz CT molecular complexity index is 1400. The molecule has 2 saturated heterocycles. The quantitative estimate of drug-likeness (QED) is 0.0259. The van der Waals surface area contributed by atoms with E-state index in [2.05, 4.69) is 19.2 Å². The van der Waals surface area contributed by atoms with E-state index in [9.17, 15) is 45.6 Å². The number of rotatable bonds is 60. The Kier molecular flexibility index (Phi) is 51.8. The summed E-state index contributed by atoms with van der Waals surface area (Å²) in [6.45, 7) is 2.90. The van der Waals surface area contributed by atoms with Crippen molar-refractivity contribution in [2.24, 2.45) is 0 Å². The fourth-order valence-corrected chi connectivity index (χ4v) is 12.4. The van der Waals surface area contributed by atoms with Gasteiger partial charge in [-0.15, -0.1) is 0 Å². The average Bonchev–Trinajstić information content (AvgIpc) is 3.58. The molecule has 0 radical (unpaired) electrons. The lowest BCUT2D eigenvalue weighted by atomic mass is 9.97. The van der Waals surface area contributed by atoms with Crippen molar-refractivity contribution in [2.75, 3.05) is 19.8 Å². The van der Waals surface area contributed by atoms with E-state index in [0.29, 0.717) is 12.8 Å². The lowest BCUT2D eigenvalue weighted by molar-refractivity contribution is -0.359. The van der Waals surface area contributed by atoms with Crippen LogP contribution in [0.25, 0.3) is 0 Å². The molecule has 0 spiro atoms. The van der Waals surface area contributed by atoms with Gasteiger partial charge in [0.25, 0.3) is 0 Å². The van der Waals surface area contributed by atoms with Crippen molar-refractivity contribution in [3.63, 3.8) is 0 Å². The van der Waals surface area contributed by atoms with Gasteiger partial charge in [0.05, 0.1) is 32.0 Å². The first kappa shape index (κ1) is 78.1. The van der Waals surface area contributed by atoms with E-state index in [1.807, 2.05) is 0 Å². The summed E-state index contributed by atoms with van der Waals surface area (Å²) in [5.41, 5.74) is 0. The van der Waals surface area contributed by atoms with Crippen LogP contribution in [0.1, 0.15) is 341 Å². The van der Waals surface area contributed by atoms with Crippen LogP contribution in [-0.2, 0) is 23.7 Å². The fraction of sp³-hybridized carbons (Fsp3) is 0.986. The predicted molar refractivity (Wildman–Crippen MR) is 337 cm³/mol. The molecule has 2 heterocycles. The minimum atomic E-state index is -1.78. The van der Waals surface area contributed by atoms with Gasteiger partial charge in [-0.1, -0.05) is 322 Å². The number of hydrogen-bond acceptors (Lipinski definition) is 13. The highest BCUT2D eigenvalue weighted by molar-refractivity contribution is 5.76. The number of carbonyl (C=O) groups is 1.